The Morgan fingerprint density at radius 3 is 3.11 bits per heavy atom. The molecule has 2 aromatic heterocycles. The second-order valence-corrected chi connectivity index (χ2v) is 5.00. The van der Waals surface area contributed by atoms with Crippen molar-refractivity contribution in [1.29, 1.82) is 0 Å². The van der Waals surface area contributed by atoms with Crippen molar-refractivity contribution in [2.24, 2.45) is 0 Å². The van der Waals surface area contributed by atoms with Gasteiger partial charge in [0.1, 0.15) is 0 Å². The second kappa shape index (κ2) is 7.32. The highest BCUT2D eigenvalue weighted by Gasteiger charge is 2.02. The maximum absolute atomic E-state index is 4.96. The van der Waals surface area contributed by atoms with Gasteiger partial charge in [0.2, 0.25) is 0 Å². The summed E-state index contributed by atoms with van der Waals surface area (Å²) in [6.07, 6.45) is 5.51. The van der Waals surface area contributed by atoms with E-state index < -0.39 is 0 Å². The van der Waals surface area contributed by atoms with E-state index in [2.05, 4.69) is 36.5 Å². The molecule has 7 heteroatoms. The first kappa shape index (κ1) is 14.1. The molecule has 102 valence electrons. The van der Waals surface area contributed by atoms with Crippen LogP contribution < -0.4 is 5.32 Å². The van der Waals surface area contributed by atoms with Crippen LogP contribution in [0.2, 0.25) is 0 Å². The first-order valence-electron chi connectivity index (χ1n) is 5.96. The molecule has 0 bridgehead atoms. The van der Waals surface area contributed by atoms with Crippen molar-refractivity contribution in [3.63, 3.8) is 0 Å². The molecule has 0 aliphatic rings. The number of ether oxygens (including phenoxy) is 1. The van der Waals surface area contributed by atoms with Gasteiger partial charge in [0.15, 0.2) is 0 Å². The van der Waals surface area contributed by atoms with Crippen molar-refractivity contribution >= 4 is 15.9 Å². The number of hydrogen-bond donors (Lipinski definition) is 1. The number of methoxy groups -OCH3 is 1. The Balaban J connectivity index is 1.87. The van der Waals surface area contributed by atoms with Gasteiger partial charge in [0.25, 0.3) is 0 Å². The Hall–Kier alpha value is -1.31. The van der Waals surface area contributed by atoms with E-state index >= 15 is 0 Å². The summed E-state index contributed by atoms with van der Waals surface area (Å²) in [5, 5.41) is 11.4. The van der Waals surface area contributed by atoms with Crippen LogP contribution >= 0.6 is 15.9 Å². The number of rotatable bonds is 7. The molecule has 2 rings (SSSR count). The molecule has 1 N–H and O–H groups in total. The number of halogens is 1. The number of aromatic nitrogens is 4. The molecule has 6 nitrogen and oxygen atoms in total. The van der Waals surface area contributed by atoms with E-state index in [1.807, 2.05) is 18.5 Å². The molecule has 0 spiro atoms. The van der Waals surface area contributed by atoms with Crippen LogP contribution in [-0.4, -0.2) is 40.2 Å². The maximum Gasteiger partial charge on any atom is 0.0964 e. The van der Waals surface area contributed by atoms with Gasteiger partial charge >= 0.3 is 0 Å². The molecular weight excluding hydrogens is 310 g/mol. The highest BCUT2D eigenvalue weighted by Crippen LogP contribution is 2.10. The van der Waals surface area contributed by atoms with Crippen molar-refractivity contribution in [3.05, 3.63) is 40.4 Å². The lowest BCUT2D eigenvalue weighted by molar-refractivity contribution is 0.199. The summed E-state index contributed by atoms with van der Waals surface area (Å²) in [6, 6.07) is 2.02. The fourth-order valence-corrected chi connectivity index (χ4v) is 2.03. The van der Waals surface area contributed by atoms with Gasteiger partial charge in [-0.2, -0.15) is 0 Å². The SMILES string of the molecule is COCCNCc1cn(Cc2cncc(Br)c2)nn1. The van der Waals surface area contributed by atoms with Crippen LogP contribution in [0.4, 0.5) is 0 Å². The van der Waals surface area contributed by atoms with E-state index in [1.54, 1.807) is 18.0 Å². The van der Waals surface area contributed by atoms with E-state index in [1.165, 1.54) is 0 Å². The fourth-order valence-electron chi connectivity index (χ4n) is 1.62. The summed E-state index contributed by atoms with van der Waals surface area (Å²) in [5.41, 5.74) is 2.00. The fraction of sp³-hybridized carbons (Fsp3) is 0.417. The molecule has 0 unspecified atom stereocenters. The molecule has 0 aliphatic heterocycles. The zero-order valence-electron chi connectivity index (χ0n) is 10.7. The average Bonchev–Trinajstić information content (AvgIpc) is 2.82. The molecule has 2 aromatic rings. The van der Waals surface area contributed by atoms with Crippen molar-refractivity contribution < 1.29 is 4.74 Å². The smallest absolute Gasteiger partial charge is 0.0964 e. The van der Waals surface area contributed by atoms with E-state index in [-0.39, 0.29) is 0 Å². The van der Waals surface area contributed by atoms with E-state index in [9.17, 15) is 0 Å². The lowest BCUT2D eigenvalue weighted by atomic mass is 10.3. The Bertz CT molecular complexity index is 516. The second-order valence-electron chi connectivity index (χ2n) is 4.09. The Morgan fingerprint density at radius 1 is 1.42 bits per heavy atom. The molecule has 0 fully saturated rings. The summed E-state index contributed by atoms with van der Waals surface area (Å²) < 4.78 is 7.73. The largest absolute Gasteiger partial charge is 0.383 e. The van der Waals surface area contributed by atoms with Crippen molar-refractivity contribution in [1.82, 2.24) is 25.3 Å². The van der Waals surface area contributed by atoms with E-state index in [0.29, 0.717) is 19.7 Å². The third kappa shape index (κ3) is 4.70. The summed E-state index contributed by atoms with van der Waals surface area (Å²) in [7, 11) is 1.68. The predicted molar refractivity (Wildman–Crippen MR) is 74.6 cm³/mol. The Kier molecular flexibility index (Phi) is 5.44. The summed E-state index contributed by atoms with van der Waals surface area (Å²) in [6.45, 7) is 2.86. The minimum Gasteiger partial charge on any atom is -0.383 e. The number of hydrogen-bond acceptors (Lipinski definition) is 5. The van der Waals surface area contributed by atoms with E-state index in [0.717, 1.165) is 22.3 Å². The summed E-state index contributed by atoms with van der Waals surface area (Å²) in [4.78, 5) is 4.12. The maximum atomic E-state index is 4.96. The van der Waals surface area contributed by atoms with Crippen LogP contribution in [0.3, 0.4) is 0 Å². The molecule has 0 aliphatic carbocycles. The zero-order valence-corrected chi connectivity index (χ0v) is 12.3. The third-order valence-electron chi connectivity index (χ3n) is 2.48. The molecule has 0 amide bonds. The van der Waals surface area contributed by atoms with Crippen molar-refractivity contribution in [2.75, 3.05) is 20.3 Å². The highest BCUT2D eigenvalue weighted by molar-refractivity contribution is 9.10. The molecule has 2 heterocycles. The van der Waals surface area contributed by atoms with Crippen LogP contribution in [0.1, 0.15) is 11.3 Å². The van der Waals surface area contributed by atoms with Crippen LogP contribution in [0.15, 0.2) is 29.1 Å². The predicted octanol–water partition coefficient (Wildman–Crippen LogP) is 1.22. The number of nitrogens with zero attached hydrogens (tertiary/aromatic N) is 4. The van der Waals surface area contributed by atoms with Gasteiger partial charge in [-0.3, -0.25) is 4.98 Å². The summed E-state index contributed by atoms with van der Waals surface area (Å²) in [5.74, 6) is 0. The lowest BCUT2D eigenvalue weighted by Crippen LogP contribution is -2.18. The third-order valence-corrected chi connectivity index (χ3v) is 2.91. The Morgan fingerprint density at radius 2 is 2.32 bits per heavy atom. The summed E-state index contributed by atoms with van der Waals surface area (Å²) >= 11 is 3.40. The van der Waals surface area contributed by atoms with Gasteiger partial charge in [-0.05, 0) is 27.6 Å². The van der Waals surface area contributed by atoms with Gasteiger partial charge in [-0.1, -0.05) is 5.21 Å². The Labute approximate surface area is 120 Å². The van der Waals surface area contributed by atoms with E-state index in [4.69, 9.17) is 4.74 Å². The van der Waals surface area contributed by atoms with Gasteiger partial charge in [-0.25, -0.2) is 4.68 Å². The highest BCUT2D eigenvalue weighted by atomic mass is 79.9. The minimum atomic E-state index is 0.664. The molecule has 0 saturated carbocycles. The first-order chi connectivity index (χ1) is 9.28. The molecular formula is C12H16BrN5O. The monoisotopic (exact) mass is 325 g/mol. The average molecular weight is 326 g/mol. The molecule has 0 saturated heterocycles. The van der Waals surface area contributed by atoms with Crippen molar-refractivity contribution in [3.8, 4) is 0 Å². The van der Waals surface area contributed by atoms with Gasteiger partial charge in [0.05, 0.1) is 25.0 Å². The normalized spacial score (nSPS) is 10.8. The quantitative estimate of drug-likeness (QED) is 0.775. The number of nitrogens with one attached hydrogen (secondary N) is 1. The molecule has 0 atom stereocenters. The van der Waals surface area contributed by atoms with Crippen LogP contribution in [-0.2, 0) is 17.8 Å². The van der Waals surface area contributed by atoms with Crippen LogP contribution in [0.5, 0.6) is 0 Å². The first-order valence-corrected chi connectivity index (χ1v) is 6.75. The lowest BCUT2D eigenvalue weighted by Gasteiger charge is -2.01. The topological polar surface area (TPSA) is 64.9 Å². The minimum absolute atomic E-state index is 0.664. The van der Waals surface area contributed by atoms with Gasteiger partial charge in [0, 0.05) is 37.1 Å². The van der Waals surface area contributed by atoms with Gasteiger partial charge in [-0.15, -0.1) is 5.10 Å². The number of pyridine rings is 1. The zero-order chi connectivity index (χ0) is 13.5. The molecule has 0 radical (unpaired) electrons. The molecule has 0 aromatic carbocycles. The molecule has 19 heavy (non-hydrogen) atoms. The standard InChI is InChI=1S/C12H16BrN5O/c1-19-3-2-14-7-12-9-18(17-16-12)8-10-4-11(13)6-15-5-10/h4-6,9,14H,2-3,7-8H2,1H3. The van der Waals surface area contributed by atoms with Crippen LogP contribution in [0, 0.1) is 0 Å². The van der Waals surface area contributed by atoms with Crippen LogP contribution in [0.25, 0.3) is 0 Å². The van der Waals surface area contributed by atoms with Gasteiger partial charge < -0.3 is 10.1 Å². The van der Waals surface area contributed by atoms with Crippen molar-refractivity contribution in [2.45, 2.75) is 13.1 Å².